The molecule has 0 atom stereocenters. The summed E-state index contributed by atoms with van der Waals surface area (Å²) in [6.45, 7) is 8.42. The van der Waals surface area contributed by atoms with Crippen molar-refractivity contribution in [2.45, 2.75) is 45.7 Å². The summed E-state index contributed by atoms with van der Waals surface area (Å²) in [4.78, 5) is 25.7. The summed E-state index contributed by atoms with van der Waals surface area (Å²) < 4.78 is 11.0. The van der Waals surface area contributed by atoms with Crippen LogP contribution in [0.15, 0.2) is 48.5 Å². The van der Waals surface area contributed by atoms with Crippen LogP contribution in [0.2, 0.25) is 0 Å². The average molecular weight is 400 g/mol. The molecule has 29 heavy (non-hydrogen) atoms. The van der Waals surface area contributed by atoms with Crippen molar-refractivity contribution in [3.05, 3.63) is 48.5 Å². The number of ether oxygens (including phenoxy) is 2. The van der Waals surface area contributed by atoms with Crippen LogP contribution in [0.3, 0.4) is 0 Å². The minimum absolute atomic E-state index is 0.420. The quantitative estimate of drug-likeness (QED) is 0.714. The van der Waals surface area contributed by atoms with Crippen molar-refractivity contribution in [1.29, 1.82) is 0 Å². The fraction of sp³-hybridized carbons (Fsp3) is 0.364. The first-order valence-electron chi connectivity index (χ1n) is 9.22. The van der Waals surface area contributed by atoms with Crippen LogP contribution >= 0.6 is 0 Å². The molecule has 2 aromatic carbocycles. The number of nitrogens with one attached hydrogen (secondary N) is 1. The molecular weight excluding hydrogens is 372 g/mol. The Balaban J connectivity index is 2.12. The summed E-state index contributed by atoms with van der Waals surface area (Å²) >= 11 is 0. The van der Waals surface area contributed by atoms with Crippen molar-refractivity contribution in [2.75, 3.05) is 12.4 Å². The molecule has 0 spiro atoms. The molecule has 2 aromatic rings. The number of carboxylic acid groups (broad SMARTS) is 1. The Bertz CT molecular complexity index is 870. The van der Waals surface area contributed by atoms with Crippen molar-refractivity contribution in [3.8, 4) is 17.2 Å². The summed E-state index contributed by atoms with van der Waals surface area (Å²) in [7, 11) is 1.59. The third-order valence-electron chi connectivity index (χ3n) is 4.37. The first-order valence-corrected chi connectivity index (χ1v) is 9.22. The molecule has 0 saturated carbocycles. The van der Waals surface area contributed by atoms with E-state index in [1.165, 1.54) is 0 Å². The molecule has 2 N–H and O–H groups in total. The van der Waals surface area contributed by atoms with Crippen molar-refractivity contribution < 1.29 is 24.2 Å². The van der Waals surface area contributed by atoms with Gasteiger partial charge in [0.05, 0.1) is 7.11 Å². The number of benzene rings is 2. The first-order chi connectivity index (χ1) is 13.4. The number of hydrogen-bond donors (Lipinski definition) is 2. The van der Waals surface area contributed by atoms with Gasteiger partial charge in [-0.1, -0.05) is 6.07 Å². The maximum absolute atomic E-state index is 12.8. The number of hydrogen-bond acceptors (Lipinski definition) is 4. The molecule has 0 fully saturated rings. The lowest BCUT2D eigenvalue weighted by Gasteiger charge is -2.43. The summed E-state index contributed by atoms with van der Waals surface area (Å²) in [6, 6.07) is 14.1. The Morgan fingerprint density at radius 2 is 1.52 bits per heavy atom. The Labute approximate surface area is 171 Å². The number of amides is 2. The minimum atomic E-state index is -1.26. The van der Waals surface area contributed by atoms with E-state index in [2.05, 4.69) is 5.32 Å². The lowest BCUT2D eigenvalue weighted by atomic mass is 9.94. The van der Waals surface area contributed by atoms with Gasteiger partial charge in [0.2, 0.25) is 5.91 Å². The molecule has 2 amide bonds. The number of methoxy groups -OCH3 is 1. The van der Waals surface area contributed by atoms with Gasteiger partial charge in [-0.2, -0.15) is 0 Å². The molecule has 0 aliphatic carbocycles. The van der Waals surface area contributed by atoms with Crippen molar-refractivity contribution >= 4 is 17.7 Å². The number of anilines is 1. The van der Waals surface area contributed by atoms with E-state index in [9.17, 15) is 14.7 Å². The third-order valence-corrected chi connectivity index (χ3v) is 4.37. The van der Waals surface area contributed by atoms with E-state index in [1.807, 2.05) is 18.2 Å². The molecule has 156 valence electrons. The second-order valence-electron chi connectivity index (χ2n) is 8.11. The standard InChI is InChI=1S/C22H28N2O5/c1-21(2,3)24(20(26)27)22(4,5)19(25)23-15-10-12-16(13-11-15)29-18-9-7-8-17(14-18)28-6/h7-14H,1-6H3,(H,23,25)(H,26,27). The molecule has 0 saturated heterocycles. The fourth-order valence-electron chi connectivity index (χ4n) is 3.16. The average Bonchev–Trinajstić information content (AvgIpc) is 2.61. The molecule has 7 heteroatoms. The number of carbonyl (C=O) groups is 2. The van der Waals surface area contributed by atoms with Crippen molar-refractivity contribution in [2.24, 2.45) is 0 Å². The Morgan fingerprint density at radius 1 is 0.931 bits per heavy atom. The van der Waals surface area contributed by atoms with Crippen LogP contribution in [0.5, 0.6) is 17.2 Å². The van der Waals surface area contributed by atoms with E-state index in [0.29, 0.717) is 22.9 Å². The van der Waals surface area contributed by atoms with Crippen LogP contribution in [0, 0.1) is 0 Å². The Kier molecular flexibility index (Phi) is 6.41. The van der Waals surface area contributed by atoms with Gasteiger partial charge in [0, 0.05) is 17.3 Å². The zero-order chi connectivity index (χ0) is 21.8. The topological polar surface area (TPSA) is 88.1 Å². The maximum atomic E-state index is 12.8. The van der Waals surface area contributed by atoms with Crippen molar-refractivity contribution in [3.63, 3.8) is 0 Å². The minimum Gasteiger partial charge on any atom is -0.497 e. The van der Waals surface area contributed by atoms with Crippen LogP contribution in [0.1, 0.15) is 34.6 Å². The molecule has 0 radical (unpaired) electrons. The maximum Gasteiger partial charge on any atom is 0.408 e. The molecule has 0 heterocycles. The van der Waals surface area contributed by atoms with Crippen LogP contribution in [-0.2, 0) is 4.79 Å². The van der Waals surface area contributed by atoms with Gasteiger partial charge in [0.1, 0.15) is 22.8 Å². The van der Waals surface area contributed by atoms with E-state index in [-0.39, 0.29) is 0 Å². The van der Waals surface area contributed by atoms with Gasteiger partial charge in [0.25, 0.3) is 0 Å². The van der Waals surface area contributed by atoms with E-state index >= 15 is 0 Å². The van der Waals surface area contributed by atoms with Gasteiger partial charge in [-0.3, -0.25) is 9.69 Å². The third kappa shape index (κ3) is 5.40. The van der Waals surface area contributed by atoms with Gasteiger partial charge in [-0.25, -0.2) is 4.79 Å². The molecular formula is C22H28N2O5. The fourth-order valence-corrected chi connectivity index (χ4v) is 3.16. The highest BCUT2D eigenvalue weighted by atomic mass is 16.5. The molecule has 2 rings (SSSR count). The highest BCUT2D eigenvalue weighted by Gasteiger charge is 2.44. The van der Waals surface area contributed by atoms with Crippen LogP contribution in [0.4, 0.5) is 10.5 Å². The van der Waals surface area contributed by atoms with E-state index in [1.54, 1.807) is 72.1 Å². The van der Waals surface area contributed by atoms with Gasteiger partial charge in [-0.05, 0) is 71.0 Å². The molecule has 0 aliphatic rings. The summed E-state index contributed by atoms with van der Waals surface area (Å²) in [5.74, 6) is 1.49. The molecule has 7 nitrogen and oxygen atoms in total. The zero-order valence-electron chi connectivity index (χ0n) is 17.6. The van der Waals surface area contributed by atoms with Crippen LogP contribution in [0.25, 0.3) is 0 Å². The number of rotatable bonds is 6. The number of carbonyl (C=O) groups excluding carboxylic acids is 1. The predicted molar refractivity (Wildman–Crippen MR) is 112 cm³/mol. The largest absolute Gasteiger partial charge is 0.497 e. The SMILES string of the molecule is COc1cccc(Oc2ccc(NC(=O)C(C)(C)N(C(=O)O)C(C)(C)C)cc2)c1. The van der Waals surface area contributed by atoms with E-state index in [4.69, 9.17) is 9.47 Å². The monoisotopic (exact) mass is 400 g/mol. The van der Waals surface area contributed by atoms with E-state index < -0.39 is 23.1 Å². The van der Waals surface area contributed by atoms with Crippen LogP contribution in [-0.4, -0.2) is 40.2 Å². The molecule has 0 unspecified atom stereocenters. The molecule has 0 aromatic heterocycles. The highest BCUT2D eigenvalue weighted by molar-refractivity contribution is 5.99. The summed E-state index contributed by atoms with van der Waals surface area (Å²) in [6.07, 6.45) is -1.15. The van der Waals surface area contributed by atoms with Gasteiger partial charge in [0.15, 0.2) is 0 Å². The summed E-state index contributed by atoms with van der Waals surface area (Å²) in [5.41, 5.74) is -1.46. The lowest BCUT2D eigenvalue weighted by Crippen LogP contribution is -2.61. The number of nitrogens with zero attached hydrogens (tertiary/aromatic N) is 1. The Morgan fingerprint density at radius 3 is 2.03 bits per heavy atom. The predicted octanol–water partition coefficient (Wildman–Crippen LogP) is 4.98. The Hall–Kier alpha value is -3.22. The molecule has 0 bridgehead atoms. The van der Waals surface area contributed by atoms with Gasteiger partial charge in [-0.15, -0.1) is 0 Å². The first kappa shape index (κ1) is 22.1. The van der Waals surface area contributed by atoms with Crippen molar-refractivity contribution in [1.82, 2.24) is 4.90 Å². The van der Waals surface area contributed by atoms with E-state index in [0.717, 1.165) is 4.90 Å². The zero-order valence-corrected chi connectivity index (χ0v) is 17.6. The van der Waals surface area contributed by atoms with Gasteiger partial charge < -0.3 is 19.9 Å². The van der Waals surface area contributed by atoms with Crippen LogP contribution < -0.4 is 14.8 Å². The highest BCUT2D eigenvalue weighted by Crippen LogP contribution is 2.28. The molecule has 0 aliphatic heterocycles. The normalized spacial score (nSPS) is 11.5. The smallest absolute Gasteiger partial charge is 0.408 e. The second kappa shape index (κ2) is 8.43. The van der Waals surface area contributed by atoms with Gasteiger partial charge >= 0.3 is 6.09 Å². The second-order valence-corrected chi connectivity index (χ2v) is 8.11. The summed E-state index contributed by atoms with van der Waals surface area (Å²) in [5, 5.41) is 12.4. The lowest BCUT2D eigenvalue weighted by molar-refractivity contribution is -0.128.